The van der Waals surface area contributed by atoms with Gasteiger partial charge in [-0.05, 0) is 38.8 Å². The number of carbonyl (C=O) groups is 1. The quantitative estimate of drug-likeness (QED) is 0.532. The smallest absolute Gasteiger partial charge is 0.342 e. The van der Waals surface area contributed by atoms with Gasteiger partial charge in [-0.2, -0.15) is 5.10 Å². The normalized spacial score (nSPS) is 19.9. The molecule has 2 unspecified atom stereocenters. The van der Waals surface area contributed by atoms with Crippen molar-refractivity contribution in [2.24, 2.45) is 7.05 Å². The summed E-state index contributed by atoms with van der Waals surface area (Å²) in [6, 6.07) is 9.30. The van der Waals surface area contributed by atoms with Crippen LogP contribution in [0.3, 0.4) is 0 Å². The van der Waals surface area contributed by atoms with Crippen LogP contribution in [0.4, 0.5) is 0 Å². The lowest BCUT2D eigenvalue weighted by molar-refractivity contribution is -0.133. The van der Waals surface area contributed by atoms with Crippen LogP contribution in [0.5, 0.6) is 0 Å². The van der Waals surface area contributed by atoms with Gasteiger partial charge < -0.3 is 4.90 Å². The van der Waals surface area contributed by atoms with Crippen LogP contribution in [0.25, 0.3) is 5.69 Å². The molecule has 5 rings (SSSR count). The summed E-state index contributed by atoms with van der Waals surface area (Å²) in [6.07, 6.45) is 1.97. The molecule has 0 N–H and O–H groups in total. The molecular formula is C24H28N6O3S. The molecule has 3 aromatic rings. The van der Waals surface area contributed by atoms with Crippen LogP contribution >= 0.6 is 11.8 Å². The van der Waals surface area contributed by atoms with Crippen molar-refractivity contribution in [3.63, 3.8) is 0 Å². The van der Waals surface area contributed by atoms with Crippen molar-refractivity contribution in [2.45, 2.75) is 50.2 Å². The van der Waals surface area contributed by atoms with Crippen LogP contribution in [0.1, 0.15) is 48.3 Å². The second kappa shape index (κ2) is 8.90. The molecule has 0 saturated carbocycles. The van der Waals surface area contributed by atoms with E-state index < -0.39 is 0 Å². The molecule has 2 atom stereocenters. The Kier molecular flexibility index (Phi) is 5.93. The fraction of sp³-hybridized carbons (Fsp3) is 0.458. The molecule has 0 aliphatic carbocycles. The molecule has 2 aromatic heterocycles. The first-order valence-electron chi connectivity index (χ1n) is 11.6. The van der Waals surface area contributed by atoms with E-state index in [1.807, 2.05) is 42.2 Å². The number of aromatic nitrogens is 5. The number of hydrogen-bond acceptors (Lipinski definition) is 6. The van der Waals surface area contributed by atoms with Crippen LogP contribution in [-0.4, -0.2) is 53.5 Å². The van der Waals surface area contributed by atoms with Crippen molar-refractivity contribution in [3.05, 3.63) is 68.3 Å². The van der Waals surface area contributed by atoms with Crippen molar-refractivity contribution in [3.8, 4) is 5.69 Å². The third-order valence-corrected chi connectivity index (χ3v) is 7.93. The van der Waals surface area contributed by atoms with E-state index in [1.165, 1.54) is 16.4 Å². The summed E-state index contributed by atoms with van der Waals surface area (Å²) in [5.74, 6) is 1.34. The SMILES string of the molecule is Cc1nc2n(c(=O)c1C)C(CC(=O)N1CCCC(c3nn(C)c(=O)n3-c3ccccc3)C1)CS2. The van der Waals surface area contributed by atoms with Gasteiger partial charge in [0.05, 0.1) is 11.7 Å². The van der Waals surface area contributed by atoms with E-state index in [9.17, 15) is 14.4 Å². The van der Waals surface area contributed by atoms with Crippen LogP contribution in [0, 0.1) is 13.8 Å². The Morgan fingerprint density at radius 1 is 1.18 bits per heavy atom. The molecular weight excluding hydrogens is 452 g/mol. The lowest BCUT2D eigenvalue weighted by Crippen LogP contribution is -2.41. The monoisotopic (exact) mass is 480 g/mol. The van der Waals surface area contributed by atoms with Gasteiger partial charge in [-0.3, -0.25) is 14.2 Å². The number of likely N-dealkylation sites (tertiary alicyclic amines) is 1. The lowest BCUT2D eigenvalue weighted by atomic mass is 9.96. The third kappa shape index (κ3) is 3.89. The Morgan fingerprint density at radius 3 is 2.71 bits per heavy atom. The summed E-state index contributed by atoms with van der Waals surface area (Å²) in [5, 5.41) is 5.24. The van der Waals surface area contributed by atoms with Gasteiger partial charge in [-0.15, -0.1) is 0 Å². The predicted molar refractivity (Wildman–Crippen MR) is 130 cm³/mol. The number of aryl methyl sites for hydroxylation is 2. The zero-order chi connectivity index (χ0) is 24.0. The number of hydrogen-bond donors (Lipinski definition) is 0. The number of rotatable bonds is 4. The average Bonchev–Trinajstić information content (AvgIpc) is 3.38. The van der Waals surface area contributed by atoms with Crippen LogP contribution in [0.2, 0.25) is 0 Å². The van der Waals surface area contributed by atoms with E-state index in [1.54, 1.807) is 23.1 Å². The number of nitrogens with zero attached hydrogens (tertiary/aromatic N) is 6. The number of para-hydroxylation sites is 1. The highest BCUT2D eigenvalue weighted by Crippen LogP contribution is 2.34. The Bertz CT molecular complexity index is 1360. The van der Waals surface area contributed by atoms with E-state index in [0.717, 1.165) is 24.2 Å². The Labute approximate surface area is 201 Å². The maximum absolute atomic E-state index is 13.3. The van der Waals surface area contributed by atoms with E-state index >= 15 is 0 Å². The fourth-order valence-corrected chi connectivity index (χ4v) is 6.02. The maximum atomic E-state index is 13.3. The third-order valence-electron chi connectivity index (χ3n) is 6.84. The Balaban J connectivity index is 1.37. The van der Waals surface area contributed by atoms with Crippen molar-refractivity contribution in [2.75, 3.05) is 18.8 Å². The summed E-state index contributed by atoms with van der Waals surface area (Å²) >= 11 is 1.53. The second-order valence-electron chi connectivity index (χ2n) is 9.06. The average molecular weight is 481 g/mol. The molecule has 1 saturated heterocycles. The molecule has 0 bridgehead atoms. The molecule has 1 fully saturated rings. The molecule has 178 valence electrons. The highest BCUT2D eigenvalue weighted by molar-refractivity contribution is 7.99. The van der Waals surface area contributed by atoms with Crippen molar-refractivity contribution in [1.29, 1.82) is 0 Å². The van der Waals surface area contributed by atoms with Crippen LogP contribution in [-0.2, 0) is 11.8 Å². The molecule has 1 amide bonds. The maximum Gasteiger partial charge on any atom is 0.350 e. The Hall–Kier alpha value is -3.14. The highest BCUT2D eigenvalue weighted by Gasteiger charge is 2.33. The van der Waals surface area contributed by atoms with Gasteiger partial charge >= 0.3 is 5.69 Å². The molecule has 0 spiro atoms. The largest absolute Gasteiger partial charge is 0.350 e. The fourth-order valence-electron chi connectivity index (χ4n) is 4.84. The standard InChI is InChI=1S/C24H28N6O3S/c1-15-16(2)25-23-30(22(15)32)19(14-34-23)12-20(31)28-11-7-8-17(13-28)21-26-27(3)24(33)29(21)18-9-5-4-6-10-18/h4-6,9-10,17,19H,7-8,11-14H2,1-3H3. The summed E-state index contributed by atoms with van der Waals surface area (Å²) in [6.45, 7) is 4.81. The second-order valence-corrected chi connectivity index (χ2v) is 10.1. The van der Waals surface area contributed by atoms with Gasteiger partial charge in [0, 0.05) is 49.5 Å². The van der Waals surface area contributed by atoms with Gasteiger partial charge in [0.1, 0.15) is 5.82 Å². The van der Waals surface area contributed by atoms with Crippen LogP contribution < -0.4 is 11.2 Å². The summed E-state index contributed by atoms with van der Waals surface area (Å²) in [4.78, 5) is 45.4. The number of thioether (sulfide) groups is 1. The molecule has 9 nitrogen and oxygen atoms in total. The van der Waals surface area contributed by atoms with E-state index in [4.69, 9.17) is 0 Å². The number of amides is 1. The summed E-state index contributed by atoms with van der Waals surface area (Å²) < 4.78 is 4.70. The van der Waals surface area contributed by atoms with Gasteiger partial charge in [0.15, 0.2) is 5.16 Å². The lowest BCUT2D eigenvalue weighted by Gasteiger charge is -2.33. The zero-order valence-corrected chi connectivity index (χ0v) is 20.4. The zero-order valence-electron chi connectivity index (χ0n) is 19.6. The minimum atomic E-state index is -0.193. The summed E-state index contributed by atoms with van der Waals surface area (Å²) in [7, 11) is 1.65. The molecule has 2 aliphatic rings. The highest BCUT2D eigenvalue weighted by atomic mass is 32.2. The number of fused-ring (bicyclic) bond motifs is 1. The topological polar surface area (TPSA) is 95.0 Å². The molecule has 0 radical (unpaired) electrons. The van der Waals surface area contributed by atoms with Gasteiger partial charge in [-0.25, -0.2) is 19.0 Å². The minimum Gasteiger partial charge on any atom is -0.342 e. The van der Waals surface area contributed by atoms with Gasteiger partial charge in [0.25, 0.3) is 5.56 Å². The summed E-state index contributed by atoms with van der Waals surface area (Å²) in [5.41, 5.74) is 1.91. The molecule has 34 heavy (non-hydrogen) atoms. The molecule has 2 aliphatic heterocycles. The van der Waals surface area contributed by atoms with Crippen LogP contribution in [0.15, 0.2) is 45.1 Å². The van der Waals surface area contributed by atoms with E-state index in [2.05, 4.69) is 10.1 Å². The van der Waals surface area contributed by atoms with E-state index in [0.29, 0.717) is 35.4 Å². The number of benzene rings is 1. The van der Waals surface area contributed by atoms with Crippen molar-refractivity contribution >= 4 is 17.7 Å². The van der Waals surface area contributed by atoms with Gasteiger partial charge in [-0.1, -0.05) is 30.0 Å². The number of carbonyl (C=O) groups excluding carboxylic acids is 1. The molecule has 10 heteroatoms. The Morgan fingerprint density at radius 2 is 1.94 bits per heavy atom. The van der Waals surface area contributed by atoms with Crippen molar-refractivity contribution in [1.82, 2.24) is 28.8 Å². The van der Waals surface area contributed by atoms with E-state index in [-0.39, 0.29) is 35.5 Å². The van der Waals surface area contributed by atoms with Crippen molar-refractivity contribution < 1.29 is 4.79 Å². The molecule has 4 heterocycles. The predicted octanol–water partition coefficient (Wildman–Crippen LogP) is 2.19. The number of piperidine rings is 1. The first-order chi connectivity index (χ1) is 16.3. The molecule has 1 aromatic carbocycles. The first kappa shape index (κ1) is 22.6. The van der Waals surface area contributed by atoms with Gasteiger partial charge in [0.2, 0.25) is 5.91 Å². The first-order valence-corrected chi connectivity index (χ1v) is 12.6. The minimum absolute atomic E-state index is 0.0258.